The molecule has 10 nitrogen and oxygen atoms in total. The van der Waals surface area contributed by atoms with Crippen molar-refractivity contribution in [3.05, 3.63) is 156 Å². The number of hydrogen-bond acceptors (Lipinski definition) is 6. The van der Waals surface area contributed by atoms with Crippen LogP contribution in [0.3, 0.4) is 0 Å². The summed E-state index contributed by atoms with van der Waals surface area (Å²) in [5.41, 5.74) is 2.95. The lowest BCUT2D eigenvalue weighted by atomic mass is 10.0. The third-order valence-corrected chi connectivity index (χ3v) is 11.4. The van der Waals surface area contributed by atoms with Gasteiger partial charge in [-0.1, -0.05) is 123 Å². The summed E-state index contributed by atoms with van der Waals surface area (Å²) in [6.45, 7) is 8.12. The highest BCUT2D eigenvalue weighted by molar-refractivity contribution is 6.00. The molecule has 2 N–H and O–H groups in total. The molecule has 2 aliphatic rings. The first-order valence-electron chi connectivity index (χ1n) is 22.0. The van der Waals surface area contributed by atoms with E-state index >= 15 is 0 Å². The molecule has 0 saturated carbocycles. The van der Waals surface area contributed by atoms with Crippen LogP contribution >= 0.6 is 0 Å². The van der Waals surface area contributed by atoms with Gasteiger partial charge >= 0.3 is 0 Å². The molecule has 0 spiro atoms. The summed E-state index contributed by atoms with van der Waals surface area (Å²) in [7, 11) is 3.39. The Morgan fingerprint density at radius 1 is 0.500 bits per heavy atom. The van der Waals surface area contributed by atoms with E-state index in [0.29, 0.717) is 35.5 Å². The number of benzene rings is 4. The summed E-state index contributed by atoms with van der Waals surface area (Å²) in [6, 6.07) is 32.9. The van der Waals surface area contributed by atoms with Crippen LogP contribution in [0.25, 0.3) is 0 Å². The van der Waals surface area contributed by atoms with Gasteiger partial charge in [0.2, 0.25) is 11.8 Å². The lowest BCUT2D eigenvalue weighted by molar-refractivity contribution is -0.126. The predicted octanol–water partition coefficient (Wildman–Crippen LogP) is 8.76. The maximum atomic E-state index is 13.5. The Morgan fingerprint density at radius 3 is 1.21 bits per heavy atom. The van der Waals surface area contributed by atoms with Crippen LogP contribution in [0, 0.1) is 0 Å². The molecule has 0 saturated heterocycles. The number of para-hydroxylation sites is 2. The van der Waals surface area contributed by atoms with Gasteiger partial charge in [-0.3, -0.25) is 19.2 Å². The number of carbonyl (C=O) groups excluding carboxylic acids is 4. The van der Waals surface area contributed by atoms with Gasteiger partial charge in [0.25, 0.3) is 11.8 Å². The van der Waals surface area contributed by atoms with Gasteiger partial charge in [0.05, 0.1) is 23.3 Å². The van der Waals surface area contributed by atoms with Gasteiger partial charge in [-0.25, -0.2) is 0 Å². The Labute approximate surface area is 368 Å². The summed E-state index contributed by atoms with van der Waals surface area (Å²) in [5.74, 6) is 0.372. The highest BCUT2D eigenvalue weighted by Gasteiger charge is 2.32. The van der Waals surface area contributed by atoms with E-state index in [0.717, 1.165) is 49.7 Å². The molecule has 6 rings (SSSR count). The number of rotatable bonds is 6. The molecular formula is C52H64N4O6. The van der Waals surface area contributed by atoms with E-state index in [9.17, 15) is 19.2 Å². The van der Waals surface area contributed by atoms with Crippen molar-refractivity contribution in [1.82, 2.24) is 20.4 Å². The SMILES string of the molecule is CC[C@H]1C/C=C/C[C@H](C)Oc2ccccc2C(=O)N(C)[C@@H](Cc2ccccc2)C(=O)N1.CC[C@H]1C/C=C\C[C@H](C)Oc2ccccc2C(=O)N(C)[C@@H](Cc2ccccc2)C(=O)N1. The smallest absolute Gasteiger partial charge is 0.258 e. The van der Waals surface area contributed by atoms with Crippen LogP contribution in [0.4, 0.5) is 0 Å². The molecule has 4 amide bonds. The minimum absolute atomic E-state index is 0.0250. The fourth-order valence-electron chi connectivity index (χ4n) is 7.52. The molecule has 6 atom stereocenters. The second-order valence-corrected chi connectivity index (χ2v) is 16.2. The van der Waals surface area contributed by atoms with Gasteiger partial charge in [-0.05, 0) is 74.9 Å². The van der Waals surface area contributed by atoms with E-state index in [1.165, 1.54) is 0 Å². The van der Waals surface area contributed by atoms with E-state index < -0.39 is 12.1 Å². The van der Waals surface area contributed by atoms with Crippen LogP contribution in [-0.4, -0.2) is 83.9 Å². The molecule has 0 fully saturated rings. The third kappa shape index (κ3) is 13.4. The minimum Gasteiger partial charge on any atom is -0.490 e. The number of nitrogens with one attached hydrogen (secondary N) is 2. The average molecular weight is 841 g/mol. The molecule has 10 heteroatoms. The Morgan fingerprint density at radius 2 is 0.839 bits per heavy atom. The standard InChI is InChI=1S/2C26H32N2O3/c2*1-4-21-15-9-8-12-19(2)31-24-17-11-10-16-22(24)26(30)28(3)23(25(29)27-21)18-20-13-6-5-7-14-20/h2*5-11,13-14,16-17,19,21,23H,4,12,15,18H2,1-3H3,(H,27,29)/b9-8+;9-8-/t2*19-,21-,23-/m00/s1. The summed E-state index contributed by atoms with van der Waals surface area (Å²) < 4.78 is 12.2. The largest absolute Gasteiger partial charge is 0.490 e. The quantitative estimate of drug-likeness (QED) is 0.188. The summed E-state index contributed by atoms with van der Waals surface area (Å²) in [5, 5.41) is 6.32. The number of amides is 4. The molecule has 0 aliphatic carbocycles. The molecule has 0 aromatic heterocycles. The summed E-state index contributed by atoms with van der Waals surface area (Å²) >= 11 is 0. The lowest BCUT2D eigenvalue weighted by Gasteiger charge is -2.30. The van der Waals surface area contributed by atoms with Gasteiger partial charge < -0.3 is 29.9 Å². The zero-order valence-electron chi connectivity index (χ0n) is 37.2. The van der Waals surface area contributed by atoms with Gasteiger partial charge in [-0.15, -0.1) is 0 Å². The molecule has 2 heterocycles. The molecule has 0 bridgehead atoms. The first-order chi connectivity index (χ1) is 30.0. The first kappa shape index (κ1) is 46.9. The van der Waals surface area contributed by atoms with Gasteiger partial charge in [0.15, 0.2) is 0 Å². The van der Waals surface area contributed by atoms with Crippen molar-refractivity contribution >= 4 is 23.6 Å². The van der Waals surface area contributed by atoms with Crippen molar-refractivity contribution in [3.8, 4) is 11.5 Å². The summed E-state index contributed by atoms with van der Waals surface area (Å²) in [6.07, 6.45) is 13.8. The maximum Gasteiger partial charge on any atom is 0.258 e. The number of hydrogen-bond donors (Lipinski definition) is 2. The average Bonchev–Trinajstić information content (AvgIpc) is 3.29. The molecular weight excluding hydrogens is 777 g/mol. The number of likely N-dealkylation sites (N-methyl/N-ethyl adjacent to an activating group) is 2. The van der Waals surface area contributed by atoms with Crippen molar-refractivity contribution in [2.24, 2.45) is 0 Å². The monoisotopic (exact) mass is 840 g/mol. The molecule has 0 radical (unpaired) electrons. The Hall–Kier alpha value is -6.16. The molecule has 2 aliphatic heterocycles. The Balaban J connectivity index is 0.000000234. The Bertz CT molecular complexity index is 1970. The molecule has 4 aromatic carbocycles. The first-order valence-corrected chi connectivity index (χ1v) is 22.0. The number of carbonyl (C=O) groups is 4. The molecule has 0 unspecified atom stereocenters. The zero-order valence-corrected chi connectivity index (χ0v) is 37.2. The number of nitrogens with zero attached hydrogens (tertiary/aromatic N) is 2. The maximum absolute atomic E-state index is 13.5. The van der Waals surface area contributed by atoms with Crippen LogP contribution in [0.5, 0.6) is 11.5 Å². The van der Waals surface area contributed by atoms with Crippen molar-refractivity contribution < 1.29 is 28.7 Å². The highest BCUT2D eigenvalue weighted by Crippen LogP contribution is 2.26. The van der Waals surface area contributed by atoms with Crippen LogP contribution in [0.15, 0.2) is 133 Å². The van der Waals surface area contributed by atoms with Crippen molar-refractivity contribution in [2.75, 3.05) is 14.1 Å². The topological polar surface area (TPSA) is 117 Å². The highest BCUT2D eigenvalue weighted by atomic mass is 16.5. The van der Waals surface area contributed by atoms with Crippen molar-refractivity contribution in [1.29, 1.82) is 0 Å². The van der Waals surface area contributed by atoms with Gasteiger partial charge in [-0.2, -0.15) is 0 Å². The van der Waals surface area contributed by atoms with Crippen LogP contribution in [-0.2, 0) is 22.4 Å². The fraction of sp³-hybridized carbons (Fsp3) is 0.385. The van der Waals surface area contributed by atoms with Crippen LogP contribution < -0.4 is 20.1 Å². The van der Waals surface area contributed by atoms with E-state index in [2.05, 4.69) is 48.8 Å². The minimum atomic E-state index is -0.624. The normalized spacial score (nSPS) is 23.8. The van der Waals surface area contributed by atoms with Crippen molar-refractivity contribution in [3.63, 3.8) is 0 Å². The van der Waals surface area contributed by atoms with Crippen LogP contribution in [0.2, 0.25) is 0 Å². The van der Waals surface area contributed by atoms with Gasteiger partial charge in [0, 0.05) is 51.9 Å². The number of ether oxygens (including phenoxy) is 2. The van der Waals surface area contributed by atoms with Gasteiger partial charge in [0.1, 0.15) is 23.6 Å². The molecule has 62 heavy (non-hydrogen) atoms. The number of fused-ring (bicyclic) bond motifs is 2. The molecule has 4 aromatic rings. The fourth-order valence-corrected chi connectivity index (χ4v) is 7.52. The Kier molecular flexibility index (Phi) is 18.0. The second-order valence-electron chi connectivity index (χ2n) is 16.2. The summed E-state index contributed by atoms with van der Waals surface area (Å²) in [4.78, 5) is 56.6. The third-order valence-electron chi connectivity index (χ3n) is 11.4. The van der Waals surface area contributed by atoms with E-state index in [1.54, 1.807) is 36.0 Å². The predicted molar refractivity (Wildman–Crippen MR) is 246 cm³/mol. The zero-order chi connectivity index (χ0) is 44.4. The lowest BCUT2D eigenvalue weighted by Crippen LogP contribution is -2.51. The van der Waals surface area contributed by atoms with Crippen molar-refractivity contribution in [2.45, 2.75) is 115 Å². The van der Waals surface area contributed by atoms with E-state index in [4.69, 9.17) is 9.47 Å². The second kappa shape index (κ2) is 23.7. The van der Waals surface area contributed by atoms with Crippen LogP contribution in [0.1, 0.15) is 98.1 Å². The van der Waals surface area contributed by atoms with E-state index in [-0.39, 0.29) is 47.9 Å². The van der Waals surface area contributed by atoms with E-state index in [1.807, 2.05) is 111 Å². The molecule has 328 valence electrons.